The Morgan fingerprint density at radius 1 is 0.944 bits per heavy atom. The number of sulfonamides is 1. The third-order valence-electron chi connectivity index (χ3n) is 6.84. The van der Waals surface area contributed by atoms with Crippen LogP contribution in [0.1, 0.15) is 22.8 Å². The van der Waals surface area contributed by atoms with Gasteiger partial charge in [-0.3, -0.25) is 9.10 Å². The van der Waals surface area contributed by atoms with Gasteiger partial charge >= 0.3 is 0 Å². The van der Waals surface area contributed by atoms with Gasteiger partial charge in [0.2, 0.25) is 0 Å². The van der Waals surface area contributed by atoms with Crippen molar-refractivity contribution in [3.63, 3.8) is 0 Å². The Kier molecular flexibility index (Phi) is 6.34. The zero-order valence-corrected chi connectivity index (χ0v) is 21.0. The van der Waals surface area contributed by atoms with Crippen molar-refractivity contribution in [3.8, 4) is 5.75 Å². The lowest BCUT2D eigenvalue weighted by molar-refractivity contribution is 0.0746. The van der Waals surface area contributed by atoms with Gasteiger partial charge in [-0.05, 0) is 73.5 Å². The largest absolute Gasteiger partial charge is 0.495 e. The number of ether oxygens (including phenoxy) is 1. The molecule has 0 N–H and O–H groups in total. The van der Waals surface area contributed by atoms with Crippen LogP contribution in [-0.4, -0.2) is 58.6 Å². The van der Waals surface area contributed by atoms with Gasteiger partial charge in [0.05, 0.1) is 23.4 Å². The van der Waals surface area contributed by atoms with Crippen LogP contribution in [0.5, 0.6) is 5.75 Å². The smallest absolute Gasteiger partial charge is 0.264 e. The Morgan fingerprint density at radius 3 is 2.33 bits per heavy atom. The molecule has 7 nitrogen and oxygen atoms in total. The van der Waals surface area contributed by atoms with E-state index in [1.54, 1.807) is 25.3 Å². The van der Waals surface area contributed by atoms with Crippen LogP contribution in [0, 0.1) is 5.82 Å². The molecule has 36 heavy (non-hydrogen) atoms. The van der Waals surface area contributed by atoms with Crippen LogP contribution in [-0.2, 0) is 16.4 Å². The number of nitrogens with zero attached hydrogens (tertiary/aromatic N) is 3. The first-order valence-electron chi connectivity index (χ1n) is 11.9. The van der Waals surface area contributed by atoms with Gasteiger partial charge in [-0.15, -0.1) is 0 Å². The standard InChI is InChI=1S/C27H28FN3O4S/c1-19-17-21-18-20(7-12-24(21)31(19)36(33,34)23-10-8-22(28)9-11-23)27(32)30-15-13-29(14-16-30)25-5-3-4-6-26(25)35-2/h3-12,18-19H,13-17H2,1-2H3/t19-/m1/s1. The molecular weight excluding hydrogens is 481 g/mol. The van der Waals surface area contributed by atoms with Gasteiger partial charge in [-0.1, -0.05) is 12.1 Å². The van der Waals surface area contributed by atoms with Gasteiger partial charge in [0.1, 0.15) is 11.6 Å². The summed E-state index contributed by atoms with van der Waals surface area (Å²) in [6, 6.07) is 17.6. The molecule has 0 bridgehead atoms. The van der Waals surface area contributed by atoms with E-state index in [2.05, 4.69) is 4.90 Å². The molecule has 0 radical (unpaired) electrons. The maximum Gasteiger partial charge on any atom is 0.264 e. The quantitative estimate of drug-likeness (QED) is 0.521. The molecule has 9 heteroatoms. The molecule has 0 aromatic heterocycles. The molecule has 1 atom stereocenters. The molecule has 2 aliphatic heterocycles. The fraction of sp³-hybridized carbons (Fsp3) is 0.296. The van der Waals surface area contributed by atoms with E-state index in [9.17, 15) is 17.6 Å². The molecular formula is C27H28FN3O4S. The van der Waals surface area contributed by atoms with Crippen molar-refractivity contribution in [1.82, 2.24) is 4.90 Å². The highest BCUT2D eigenvalue weighted by molar-refractivity contribution is 7.92. The molecule has 0 spiro atoms. The molecule has 188 valence electrons. The van der Waals surface area contributed by atoms with E-state index in [1.165, 1.54) is 16.4 Å². The number of hydrogen-bond donors (Lipinski definition) is 0. The number of para-hydroxylation sites is 2. The van der Waals surface area contributed by atoms with Gasteiger partial charge in [-0.2, -0.15) is 0 Å². The van der Waals surface area contributed by atoms with Gasteiger partial charge in [-0.25, -0.2) is 12.8 Å². The number of benzene rings is 3. The van der Waals surface area contributed by atoms with Crippen LogP contribution >= 0.6 is 0 Å². The Labute approximate surface area is 210 Å². The Bertz CT molecular complexity index is 1390. The monoisotopic (exact) mass is 509 g/mol. The average molecular weight is 510 g/mol. The third kappa shape index (κ3) is 4.28. The molecule has 0 unspecified atom stereocenters. The minimum absolute atomic E-state index is 0.0386. The van der Waals surface area contributed by atoms with Crippen molar-refractivity contribution < 1.29 is 22.3 Å². The van der Waals surface area contributed by atoms with E-state index >= 15 is 0 Å². The highest BCUT2D eigenvalue weighted by atomic mass is 32.2. The van der Waals surface area contributed by atoms with E-state index in [-0.39, 0.29) is 16.8 Å². The third-order valence-corrected chi connectivity index (χ3v) is 8.79. The van der Waals surface area contributed by atoms with E-state index in [0.717, 1.165) is 29.1 Å². The van der Waals surface area contributed by atoms with Crippen molar-refractivity contribution in [2.45, 2.75) is 24.3 Å². The molecule has 2 heterocycles. The fourth-order valence-corrected chi connectivity index (χ4v) is 6.74. The summed E-state index contributed by atoms with van der Waals surface area (Å²) >= 11 is 0. The predicted molar refractivity (Wildman–Crippen MR) is 137 cm³/mol. The summed E-state index contributed by atoms with van der Waals surface area (Å²) in [4.78, 5) is 17.4. The molecule has 3 aromatic carbocycles. The zero-order chi connectivity index (χ0) is 25.4. The number of carbonyl (C=O) groups is 1. The highest BCUT2D eigenvalue weighted by Crippen LogP contribution is 2.37. The van der Waals surface area contributed by atoms with Crippen LogP contribution in [0.2, 0.25) is 0 Å². The molecule has 3 aromatic rings. The predicted octanol–water partition coefficient (Wildman–Crippen LogP) is 3.94. The number of hydrogen-bond acceptors (Lipinski definition) is 5. The molecule has 0 aliphatic carbocycles. The summed E-state index contributed by atoms with van der Waals surface area (Å²) in [5.74, 6) is 0.255. The van der Waals surface area contributed by atoms with Crippen LogP contribution in [0.25, 0.3) is 0 Å². The molecule has 0 saturated carbocycles. The first kappa shape index (κ1) is 24.1. The van der Waals surface area contributed by atoms with Crippen molar-refractivity contribution in [2.75, 3.05) is 42.5 Å². The lowest BCUT2D eigenvalue weighted by atomic mass is 10.1. The van der Waals surface area contributed by atoms with E-state index in [4.69, 9.17) is 4.74 Å². The van der Waals surface area contributed by atoms with Crippen molar-refractivity contribution >= 4 is 27.3 Å². The topological polar surface area (TPSA) is 70.2 Å². The summed E-state index contributed by atoms with van der Waals surface area (Å²) < 4.78 is 46.8. The highest BCUT2D eigenvalue weighted by Gasteiger charge is 2.37. The lowest BCUT2D eigenvalue weighted by Crippen LogP contribution is -2.48. The first-order valence-corrected chi connectivity index (χ1v) is 13.3. The zero-order valence-electron chi connectivity index (χ0n) is 20.2. The van der Waals surface area contributed by atoms with Crippen LogP contribution in [0.4, 0.5) is 15.8 Å². The summed E-state index contributed by atoms with van der Waals surface area (Å²) in [6.45, 7) is 4.38. The Morgan fingerprint density at radius 2 is 1.64 bits per heavy atom. The van der Waals surface area contributed by atoms with Crippen molar-refractivity contribution in [1.29, 1.82) is 0 Å². The molecule has 5 rings (SSSR count). The first-order chi connectivity index (χ1) is 17.3. The van der Waals surface area contributed by atoms with Gasteiger partial charge in [0.15, 0.2) is 0 Å². The average Bonchev–Trinajstić information content (AvgIpc) is 3.24. The number of fused-ring (bicyclic) bond motifs is 1. The summed E-state index contributed by atoms with van der Waals surface area (Å²) in [7, 11) is -2.20. The molecule has 1 amide bonds. The molecule has 1 fully saturated rings. The van der Waals surface area contributed by atoms with Gasteiger partial charge in [0.25, 0.3) is 15.9 Å². The van der Waals surface area contributed by atoms with Crippen LogP contribution in [0.3, 0.4) is 0 Å². The SMILES string of the molecule is COc1ccccc1N1CCN(C(=O)c2ccc3c(c2)C[C@@H](C)N3S(=O)(=O)c2ccc(F)cc2)CC1. The van der Waals surface area contributed by atoms with E-state index in [0.29, 0.717) is 43.9 Å². The second-order valence-electron chi connectivity index (χ2n) is 9.10. The summed E-state index contributed by atoms with van der Waals surface area (Å²) in [5, 5.41) is 0. The summed E-state index contributed by atoms with van der Waals surface area (Å²) in [5.41, 5.74) is 2.94. The van der Waals surface area contributed by atoms with E-state index in [1.807, 2.05) is 36.1 Å². The van der Waals surface area contributed by atoms with Crippen molar-refractivity contribution in [3.05, 3.63) is 83.7 Å². The lowest BCUT2D eigenvalue weighted by Gasteiger charge is -2.36. The van der Waals surface area contributed by atoms with E-state index < -0.39 is 15.8 Å². The van der Waals surface area contributed by atoms with Crippen molar-refractivity contribution in [2.24, 2.45) is 0 Å². The normalized spacial score (nSPS) is 17.8. The number of anilines is 2. The maximum atomic E-state index is 13.3. The molecule has 1 saturated heterocycles. The molecule has 2 aliphatic rings. The minimum Gasteiger partial charge on any atom is -0.495 e. The maximum absolute atomic E-state index is 13.3. The minimum atomic E-state index is -3.85. The Balaban J connectivity index is 1.32. The fourth-order valence-electron chi connectivity index (χ4n) is 5.05. The second-order valence-corrected chi connectivity index (χ2v) is 10.9. The van der Waals surface area contributed by atoms with Crippen LogP contribution in [0.15, 0.2) is 71.6 Å². The second kappa shape index (κ2) is 9.46. The Hall–Kier alpha value is -3.59. The number of piperazine rings is 1. The number of rotatable bonds is 5. The van der Waals surface area contributed by atoms with Gasteiger partial charge in [0, 0.05) is 37.8 Å². The number of methoxy groups -OCH3 is 1. The van der Waals surface area contributed by atoms with Crippen LogP contribution < -0.4 is 13.9 Å². The number of carbonyl (C=O) groups excluding carboxylic acids is 1. The number of halogens is 1. The van der Waals surface area contributed by atoms with Gasteiger partial charge < -0.3 is 14.5 Å². The summed E-state index contributed by atoms with van der Waals surface area (Å²) in [6.07, 6.45) is 0.498. The number of amides is 1.